The fourth-order valence-electron chi connectivity index (χ4n) is 2.61. The quantitative estimate of drug-likeness (QED) is 0.873. The number of carbonyl (C=O) groups is 1. The molecule has 23 heavy (non-hydrogen) atoms. The highest BCUT2D eigenvalue weighted by molar-refractivity contribution is 5.82. The second-order valence-electron chi connectivity index (χ2n) is 5.46. The van der Waals surface area contributed by atoms with Crippen molar-refractivity contribution >= 4 is 5.91 Å². The molecule has 2 N–H and O–H groups in total. The van der Waals surface area contributed by atoms with Gasteiger partial charge in [0.2, 0.25) is 0 Å². The van der Waals surface area contributed by atoms with Gasteiger partial charge in [0.1, 0.15) is 23.8 Å². The van der Waals surface area contributed by atoms with Crippen LogP contribution in [0.5, 0.6) is 0 Å². The summed E-state index contributed by atoms with van der Waals surface area (Å²) in [5.74, 6) is 0.0359. The summed E-state index contributed by atoms with van der Waals surface area (Å²) in [5, 5.41) is 6.04. The van der Waals surface area contributed by atoms with E-state index in [0.29, 0.717) is 24.5 Å². The smallest absolute Gasteiger partial charge is 0.251 e. The Hall–Kier alpha value is -2.25. The summed E-state index contributed by atoms with van der Waals surface area (Å²) < 4.78 is 20.9. The van der Waals surface area contributed by atoms with Gasteiger partial charge in [-0.25, -0.2) is 9.37 Å². The number of hydrogen-bond donors (Lipinski definition) is 2. The van der Waals surface area contributed by atoms with Gasteiger partial charge in [-0.15, -0.1) is 0 Å². The lowest BCUT2D eigenvalue weighted by molar-refractivity contribution is -0.134. The van der Waals surface area contributed by atoms with Crippen molar-refractivity contribution in [1.82, 2.24) is 20.2 Å². The minimum Gasteiger partial charge on any atom is -0.366 e. The molecule has 6 nitrogen and oxygen atoms in total. The Morgan fingerprint density at radius 3 is 3.09 bits per heavy atom. The van der Waals surface area contributed by atoms with E-state index in [1.54, 1.807) is 29.1 Å². The van der Waals surface area contributed by atoms with Crippen LogP contribution in [0.3, 0.4) is 0 Å². The number of nitrogens with one attached hydrogen (secondary N) is 2. The average Bonchev–Trinajstić information content (AvgIpc) is 2.99. The van der Waals surface area contributed by atoms with E-state index in [1.807, 2.05) is 7.05 Å². The molecule has 2 aromatic rings. The number of aromatic nitrogens is 2. The van der Waals surface area contributed by atoms with Gasteiger partial charge in [-0.3, -0.25) is 4.79 Å². The molecule has 1 aromatic carbocycles. The minimum atomic E-state index is -0.555. The summed E-state index contributed by atoms with van der Waals surface area (Å²) in [7, 11) is 1.83. The van der Waals surface area contributed by atoms with E-state index in [2.05, 4.69) is 15.6 Å². The molecule has 2 atom stereocenters. The molecule has 1 amide bonds. The lowest BCUT2D eigenvalue weighted by Crippen LogP contribution is -2.49. The number of ether oxygens (including phenoxy) is 1. The average molecular weight is 318 g/mol. The predicted octanol–water partition coefficient (Wildman–Crippen LogP) is 0.753. The molecule has 0 bridgehead atoms. The van der Waals surface area contributed by atoms with Crippen LogP contribution in [0.2, 0.25) is 0 Å². The normalized spacial score (nSPS) is 19.3. The molecule has 2 unspecified atom stereocenters. The lowest BCUT2D eigenvalue weighted by atomic mass is 10.1. The topological polar surface area (TPSA) is 68.2 Å². The second kappa shape index (κ2) is 6.89. The maximum absolute atomic E-state index is 13.6. The minimum absolute atomic E-state index is 0.241. The van der Waals surface area contributed by atoms with Gasteiger partial charge in [0.05, 0.1) is 6.61 Å². The number of carbonyl (C=O) groups excluding carboxylic acids is 1. The first-order chi connectivity index (χ1) is 11.1. The first-order valence-electron chi connectivity index (χ1n) is 7.50. The summed E-state index contributed by atoms with van der Waals surface area (Å²) >= 11 is 0. The molecule has 1 aromatic heterocycles. The molecule has 1 aliphatic heterocycles. The number of imidazole rings is 1. The number of rotatable bonds is 4. The lowest BCUT2D eigenvalue weighted by Gasteiger charge is -2.26. The predicted molar refractivity (Wildman–Crippen MR) is 82.2 cm³/mol. The summed E-state index contributed by atoms with van der Waals surface area (Å²) in [6.07, 6.45) is 2.87. The zero-order valence-corrected chi connectivity index (χ0v) is 12.8. The first kappa shape index (κ1) is 15.6. The van der Waals surface area contributed by atoms with Crippen molar-refractivity contribution in [3.05, 3.63) is 53.9 Å². The second-order valence-corrected chi connectivity index (χ2v) is 5.46. The molecule has 1 saturated heterocycles. The first-order valence-corrected chi connectivity index (χ1v) is 7.50. The number of aryl methyl sites for hydroxylation is 1. The molecule has 7 heteroatoms. The van der Waals surface area contributed by atoms with Crippen LogP contribution in [-0.2, 0) is 16.6 Å². The summed E-state index contributed by atoms with van der Waals surface area (Å²) in [6, 6.07) is 5.62. The van der Waals surface area contributed by atoms with Gasteiger partial charge in [-0.2, -0.15) is 0 Å². The Bertz CT molecular complexity index is 682. The van der Waals surface area contributed by atoms with Gasteiger partial charge in [-0.05, 0) is 17.7 Å². The third-order valence-electron chi connectivity index (χ3n) is 3.81. The van der Waals surface area contributed by atoms with E-state index in [1.165, 1.54) is 12.1 Å². The van der Waals surface area contributed by atoms with Gasteiger partial charge >= 0.3 is 0 Å². The SMILES string of the molecule is Cn1ccnc1C(NC(=O)C1CNCCO1)c1cccc(F)c1. The van der Waals surface area contributed by atoms with Gasteiger partial charge < -0.3 is 19.9 Å². The van der Waals surface area contributed by atoms with E-state index >= 15 is 0 Å². The maximum atomic E-state index is 13.6. The number of amides is 1. The highest BCUT2D eigenvalue weighted by atomic mass is 19.1. The molecule has 1 aliphatic rings. The maximum Gasteiger partial charge on any atom is 0.251 e. The fraction of sp³-hybridized carbons (Fsp3) is 0.375. The Labute approximate surface area is 133 Å². The van der Waals surface area contributed by atoms with Gasteiger partial charge in [0, 0.05) is 32.5 Å². The largest absolute Gasteiger partial charge is 0.366 e. The van der Waals surface area contributed by atoms with Crippen molar-refractivity contribution in [3.63, 3.8) is 0 Å². The number of halogens is 1. The monoisotopic (exact) mass is 318 g/mol. The summed E-state index contributed by atoms with van der Waals surface area (Å²) in [5.41, 5.74) is 0.636. The van der Waals surface area contributed by atoms with Crippen molar-refractivity contribution in [2.75, 3.05) is 19.7 Å². The van der Waals surface area contributed by atoms with E-state index < -0.39 is 12.1 Å². The van der Waals surface area contributed by atoms with Gasteiger partial charge in [0.25, 0.3) is 5.91 Å². The molecule has 0 saturated carbocycles. The zero-order chi connectivity index (χ0) is 16.2. The third kappa shape index (κ3) is 3.57. The highest BCUT2D eigenvalue weighted by Gasteiger charge is 2.27. The molecule has 0 aliphatic carbocycles. The fourth-order valence-corrected chi connectivity index (χ4v) is 2.61. The molecule has 0 radical (unpaired) electrons. The van der Waals surface area contributed by atoms with Crippen LogP contribution in [0.15, 0.2) is 36.7 Å². The van der Waals surface area contributed by atoms with Crippen molar-refractivity contribution in [2.24, 2.45) is 7.05 Å². The molecular formula is C16H19FN4O2. The number of benzene rings is 1. The molecule has 0 spiro atoms. The number of morpholine rings is 1. The summed E-state index contributed by atoms with van der Waals surface area (Å²) in [4.78, 5) is 16.8. The Balaban J connectivity index is 1.86. The molecule has 1 fully saturated rings. The van der Waals surface area contributed by atoms with Crippen LogP contribution in [0.25, 0.3) is 0 Å². The molecule has 2 heterocycles. The van der Waals surface area contributed by atoms with Crippen molar-refractivity contribution in [2.45, 2.75) is 12.1 Å². The van der Waals surface area contributed by atoms with Gasteiger partial charge in [0.15, 0.2) is 0 Å². The van der Waals surface area contributed by atoms with E-state index in [0.717, 1.165) is 6.54 Å². The van der Waals surface area contributed by atoms with Crippen LogP contribution < -0.4 is 10.6 Å². The third-order valence-corrected chi connectivity index (χ3v) is 3.81. The number of hydrogen-bond acceptors (Lipinski definition) is 4. The molecule has 122 valence electrons. The van der Waals surface area contributed by atoms with Crippen LogP contribution in [-0.4, -0.2) is 41.3 Å². The van der Waals surface area contributed by atoms with Crippen LogP contribution >= 0.6 is 0 Å². The Kier molecular flexibility index (Phi) is 4.68. The van der Waals surface area contributed by atoms with Crippen LogP contribution in [0, 0.1) is 5.82 Å². The highest BCUT2D eigenvalue weighted by Crippen LogP contribution is 2.21. The van der Waals surface area contributed by atoms with Crippen molar-refractivity contribution < 1.29 is 13.9 Å². The van der Waals surface area contributed by atoms with E-state index in [9.17, 15) is 9.18 Å². The molecule has 3 rings (SSSR count). The van der Waals surface area contributed by atoms with Crippen LogP contribution in [0.4, 0.5) is 4.39 Å². The van der Waals surface area contributed by atoms with E-state index in [4.69, 9.17) is 4.74 Å². The zero-order valence-electron chi connectivity index (χ0n) is 12.8. The Morgan fingerprint density at radius 2 is 2.43 bits per heavy atom. The Morgan fingerprint density at radius 1 is 1.57 bits per heavy atom. The van der Waals surface area contributed by atoms with Gasteiger partial charge in [-0.1, -0.05) is 12.1 Å². The number of nitrogens with zero attached hydrogens (tertiary/aromatic N) is 2. The molecular weight excluding hydrogens is 299 g/mol. The van der Waals surface area contributed by atoms with E-state index in [-0.39, 0.29) is 11.7 Å². The van der Waals surface area contributed by atoms with Crippen molar-refractivity contribution in [3.8, 4) is 0 Å². The van der Waals surface area contributed by atoms with Crippen LogP contribution in [0.1, 0.15) is 17.4 Å². The van der Waals surface area contributed by atoms with Crippen molar-refractivity contribution in [1.29, 1.82) is 0 Å². The standard InChI is InChI=1S/C16H19FN4O2/c1-21-7-5-19-15(21)14(11-3-2-4-12(17)9-11)20-16(22)13-10-18-6-8-23-13/h2-5,7,9,13-14,18H,6,8,10H2,1H3,(H,20,22). The summed E-state index contributed by atoms with van der Waals surface area (Å²) in [6.45, 7) is 1.68.